The third-order valence-corrected chi connectivity index (χ3v) is 4.55. The molecule has 0 bridgehead atoms. The Balaban J connectivity index is 1.62. The minimum Gasteiger partial charge on any atom is -0.347 e. The molecule has 23 heavy (non-hydrogen) atoms. The molecule has 2 aromatic rings. The van der Waals surface area contributed by atoms with E-state index in [-0.39, 0.29) is 11.9 Å². The van der Waals surface area contributed by atoms with Crippen molar-refractivity contribution in [2.24, 2.45) is 5.92 Å². The van der Waals surface area contributed by atoms with Crippen molar-refractivity contribution in [3.8, 4) is 0 Å². The van der Waals surface area contributed by atoms with E-state index in [2.05, 4.69) is 42.3 Å². The maximum Gasteiger partial charge on any atom is 0.220 e. The summed E-state index contributed by atoms with van der Waals surface area (Å²) in [6, 6.07) is 12.4. The standard InChI is InChI=1S/C20H24N2O/c1-14-11-12-21-18(13-14)20(17-7-8-17)22-19(23)10-9-16-6-4-3-5-15(16)2/h3-6,11-13,17,20H,7-10H2,1-2H3,(H,22,23)/t20-/m0/s1. The molecule has 1 aliphatic rings. The smallest absolute Gasteiger partial charge is 0.220 e. The number of carbonyl (C=O) groups excluding carboxylic acids is 1. The van der Waals surface area contributed by atoms with Crippen LogP contribution in [0.2, 0.25) is 0 Å². The van der Waals surface area contributed by atoms with Crippen LogP contribution in [0, 0.1) is 19.8 Å². The van der Waals surface area contributed by atoms with Crippen LogP contribution in [-0.4, -0.2) is 10.9 Å². The summed E-state index contributed by atoms with van der Waals surface area (Å²) in [5.41, 5.74) is 4.69. The zero-order valence-corrected chi connectivity index (χ0v) is 13.9. The fraction of sp³-hybridized carbons (Fsp3) is 0.400. The summed E-state index contributed by atoms with van der Waals surface area (Å²) >= 11 is 0. The van der Waals surface area contributed by atoms with Crippen LogP contribution in [-0.2, 0) is 11.2 Å². The zero-order valence-electron chi connectivity index (χ0n) is 13.9. The Labute approximate surface area is 138 Å². The third kappa shape index (κ3) is 4.19. The van der Waals surface area contributed by atoms with Gasteiger partial charge in [-0.2, -0.15) is 0 Å². The number of amides is 1. The number of nitrogens with one attached hydrogen (secondary N) is 1. The van der Waals surface area contributed by atoms with Gasteiger partial charge in [0.05, 0.1) is 11.7 Å². The van der Waals surface area contributed by atoms with Gasteiger partial charge >= 0.3 is 0 Å². The van der Waals surface area contributed by atoms with Crippen LogP contribution >= 0.6 is 0 Å². The fourth-order valence-corrected chi connectivity index (χ4v) is 2.98. The van der Waals surface area contributed by atoms with Gasteiger partial charge in [0.1, 0.15) is 0 Å². The molecule has 1 aromatic heterocycles. The molecule has 3 heteroatoms. The average molecular weight is 308 g/mol. The van der Waals surface area contributed by atoms with Crippen LogP contribution in [0.3, 0.4) is 0 Å². The highest BCUT2D eigenvalue weighted by atomic mass is 16.1. The molecule has 120 valence electrons. The second kappa shape index (κ2) is 6.95. The first kappa shape index (κ1) is 15.7. The first-order valence-electron chi connectivity index (χ1n) is 8.40. The summed E-state index contributed by atoms with van der Waals surface area (Å²) in [6.07, 6.45) is 5.51. The molecule has 3 rings (SSSR count). The number of hydrogen-bond donors (Lipinski definition) is 1. The Bertz CT molecular complexity index is 692. The van der Waals surface area contributed by atoms with Crippen molar-refractivity contribution in [1.82, 2.24) is 10.3 Å². The molecule has 1 amide bonds. The van der Waals surface area contributed by atoms with E-state index in [0.717, 1.165) is 12.1 Å². The maximum atomic E-state index is 12.4. The van der Waals surface area contributed by atoms with Crippen LogP contribution in [0.15, 0.2) is 42.6 Å². The molecular weight excluding hydrogens is 284 g/mol. The Morgan fingerprint density at radius 3 is 2.74 bits per heavy atom. The lowest BCUT2D eigenvalue weighted by molar-refractivity contribution is -0.122. The van der Waals surface area contributed by atoms with Crippen LogP contribution in [0.4, 0.5) is 0 Å². The first-order valence-corrected chi connectivity index (χ1v) is 8.40. The van der Waals surface area contributed by atoms with E-state index < -0.39 is 0 Å². The molecule has 1 aromatic carbocycles. The second-order valence-electron chi connectivity index (χ2n) is 6.57. The largest absolute Gasteiger partial charge is 0.347 e. The number of carbonyl (C=O) groups is 1. The van der Waals surface area contributed by atoms with Crippen LogP contribution in [0.25, 0.3) is 0 Å². The predicted molar refractivity (Wildman–Crippen MR) is 92.1 cm³/mol. The molecule has 3 nitrogen and oxygen atoms in total. The van der Waals surface area contributed by atoms with E-state index in [1.54, 1.807) is 0 Å². The van der Waals surface area contributed by atoms with Gasteiger partial charge in [0.2, 0.25) is 5.91 Å². The van der Waals surface area contributed by atoms with Gasteiger partial charge in [-0.25, -0.2) is 0 Å². The van der Waals surface area contributed by atoms with Gasteiger partial charge < -0.3 is 5.32 Å². The van der Waals surface area contributed by atoms with Gasteiger partial charge in [0, 0.05) is 12.6 Å². The molecule has 1 atom stereocenters. The van der Waals surface area contributed by atoms with Gasteiger partial charge in [-0.1, -0.05) is 24.3 Å². The summed E-state index contributed by atoms with van der Waals surface area (Å²) in [7, 11) is 0. The lowest BCUT2D eigenvalue weighted by atomic mass is 10.0. The Morgan fingerprint density at radius 1 is 1.26 bits per heavy atom. The number of aromatic nitrogens is 1. The number of rotatable bonds is 6. The Morgan fingerprint density at radius 2 is 2.04 bits per heavy atom. The minimum atomic E-state index is 0.0688. The molecule has 1 heterocycles. The van der Waals surface area contributed by atoms with Crippen LogP contribution in [0.1, 0.15) is 47.7 Å². The molecule has 0 aliphatic heterocycles. The minimum absolute atomic E-state index is 0.0688. The first-order chi connectivity index (χ1) is 11.1. The normalized spacial score (nSPS) is 15.2. The van der Waals surface area contributed by atoms with E-state index in [9.17, 15) is 4.79 Å². The number of hydrogen-bond acceptors (Lipinski definition) is 2. The molecule has 1 saturated carbocycles. The van der Waals surface area contributed by atoms with E-state index in [1.165, 1.54) is 29.5 Å². The van der Waals surface area contributed by atoms with E-state index in [1.807, 2.05) is 24.4 Å². The summed E-state index contributed by atoms with van der Waals surface area (Å²) in [4.78, 5) is 16.9. The Hall–Kier alpha value is -2.16. The van der Waals surface area contributed by atoms with Gasteiger partial charge in [-0.3, -0.25) is 9.78 Å². The quantitative estimate of drug-likeness (QED) is 0.879. The Kier molecular flexibility index (Phi) is 4.75. The second-order valence-corrected chi connectivity index (χ2v) is 6.57. The molecule has 1 fully saturated rings. The summed E-state index contributed by atoms with van der Waals surface area (Å²) in [5.74, 6) is 0.667. The number of benzene rings is 1. The van der Waals surface area contributed by atoms with Crippen LogP contribution in [0.5, 0.6) is 0 Å². The van der Waals surface area contributed by atoms with Crippen molar-refractivity contribution in [1.29, 1.82) is 0 Å². The third-order valence-electron chi connectivity index (χ3n) is 4.55. The fourth-order valence-electron chi connectivity index (χ4n) is 2.98. The average Bonchev–Trinajstić information content (AvgIpc) is 3.36. The van der Waals surface area contributed by atoms with E-state index in [0.29, 0.717) is 12.3 Å². The van der Waals surface area contributed by atoms with E-state index in [4.69, 9.17) is 0 Å². The number of pyridine rings is 1. The van der Waals surface area contributed by atoms with Crippen LogP contribution < -0.4 is 5.32 Å². The molecule has 0 spiro atoms. The van der Waals surface area contributed by atoms with Gasteiger partial charge in [-0.05, 0) is 67.9 Å². The lowest BCUT2D eigenvalue weighted by Gasteiger charge is -2.18. The van der Waals surface area contributed by atoms with Crippen molar-refractivity contribution >= 4 is 5.91 Å². The predicted octanol–water partition coefficient (Wildman–Crippen LogP) is 3.90. The molecule has 0 unspecified atom stereocenters. The highest BCUT2D eigenvalue weighted by molar-refractivity contribution is 5.76. The highest BCUT2D eigenvalue weighted by Gasteiger charge is 2.34. The van der Waals surface area contributed by atoms with Gasteiger partial charge in [0.25, 0.3) is 0 Å². The SMILES string of the molecule is Cc1ccnc([C@@H](NC(=O)CCc2ccccc2C)C2CC2)c1. The van der Waals surface area contributed by atoms with Crippen molar-refractivity contribution < 1.29 is 4.79 Å². The van der Waals surface area contributed by atoms with Crippen molar-refractivity contribution in [2.45, 2.75) is 45.6 Å². The molecule has 1 aliphatic carbocycles. The zero-order chi connectivity index (χ0) is 16.2. The van der Waals surface area contributed by atoms with Crippen molar-refractivity contribution in [3.63, 3.8) is 0 Å². The van der Waals surface area contributed by atoms with Gasteiger partial charge in [-0.15, -0.1) is 0 Å². The molecular formula is C20H24N2O. The lowest BCUT2D eigenvalue weighted by Crippen LogP contribution is -2.30. The maximum absolute atomic E-state index is 12.4. The van der Waals surface area contributed by atoms with E-state index >= 15 is 0 Å². The summed E-state index contributed by atoms with van der Waals surface area (Å²) < 4.78 is 0. The number of nitrogens with zero attached hydrogens (tertiary/aromatic N) is 1. The molecule has 0 saturated heterocycles. The molecule has 0 radical (unpaired) electrons. The summed E-state index contributed by atoms with van der Waals surface area (Å²) in [5, 5.41) is 3.21. The number of aryl methyl sites for hydroxylation is 3. The van der Waals surface area contributed by atoms with Gasteiger partial charge in [0.15, 0.2) is 0 Å². The van der Waals surface area contributed by atoms with Crippen molar-refractivity contribution in [3.05, 3.63) is 65.0 Å². The highest BCUT2D eigenvalue weighted by Crippen LogP contribution is 2.40. The van der Waals surface area contributed by atoms with Crippen molar-refractivity contribution in [2.75, 3.05) is 0 Å². The molecule has 1 N–H and O–H groups in total. The topological polar surface area (TPSA) is 42.0 Å². The monoisotopic (exact) mass is 308 g/mol. The summed E-state index contributed by atoms with van der Waals surface area (Å²) in [6.45, 7) is 4.16.